The van der Waals surface area contributed by atoms with Crippen molar-refractivity contribution in [2.75, 3.05) is 19.4 Å². The lowest BCUT2D eigenvalue weighted by Crippen LogP contribution is -2.41. The van der Waals surface area contributed by atoms with Crippen molar-refractivity contribution in [3.63, 3.8) is 0 Å². The van der Waals surface area contributed by atoms with E-state index in [0.29, 0.717) is 12.8 Å². The molecular formula is C12H15FN2O4S. The van der Waals surface area contributed by atoms with Crippen molar-refractivity contribution < 1.29 is 22.3 Å². The maximum Gasteiger partial charge on any atom is 0.324 e. The Morgan fingerprint density at radius 3 is 2.80 bits per heavy atom. The summed E-state index contributed by atoms with van der Waals surface area (Å²) in [6, 6.07) is 2.41. The molecule has 2 N–H and O–H groups in total. The molecule has 20 heavy (non-hydrogen) atoms. The number of esters is 1. The molecule has 1 fully saturated rings. The van der Waals surface area contributed by atoms with Crippen molar-refractivity contribution in [1.29, 1.82) is 0 Å². The lowest BCUT2D eigenvalue weighted by atomic mass is 10.2. The molecule has 0 bridgehead atoms. The molecule has 1 atom stereocenters. The number of nitrogen functional groups attached to an aromatic ring is 1. The number of rotatable bonds is 3. The normalized spacial score (nSPS) is 20.0. The average molecular weight is 302 g/mol. The van der Waals surface area contributed by atoms with E-state index in [1.807, 2.05) is 0 Å². The molecule has 0 amide bonds. The molecule has 0 saturated carbocycles. The zero-order chi connectivity index (χ0) is 14.9. The van der Waals surface area contributed by atoms with Crippen molar-refractivity contribution in [2.24, 2.45) is 0 Å². The first kappa shape index (κ1) is 14.7. The first-order chi connectivity index (χ1) is 9.37. The van der Waals surface area contributed by atoms with E-state index >= 15 is 0 Å². The number of carbonyl (C=O) groups excluding carboxylic acids is 1. The van der Waals surface area contributed by atoms with Crippen LogP contribution in [0.1, 0.15) is 12.8 Å². The van der Waals surface area contributed by atoms with Crippen LogP contribution in [-0.2, 0) is 19.6 Å². The Morgan fingerprint density at radius 2 is 2.20 bits per heavy atom. The number of benzene rings is 1. The quantitative estimate of drug-likeness (QED) is 0.657. The van der Waals surface area contributed by atoms with Crippen molar-refractivity contribution in [2.45, 2.75) is 23.8 Å². The number of sulfonamides is 1. The first-order valence-corrected chi connectivity index (χ1v) is 7.46. The fraction of sp³-hybridized carbons (Fsp3) is 0.417. The summed E-state index contributed by atoms with van der Waals surface area (Å²) in [5.74, 6) is -1.41. The van der Waals surface area contributed by atoms with Crippen LogP contribution in [-0.4, -0.2) is 38.4 Å². The van der Waals surface area contributed by atoms with Gasteiger partial charge >= 0.3 is 5.97 Å². The van der Waals surface area contributed by atoms with Gasteiger partial charge in [0.15, 0.2) is 0 Å². The van der Waals surface area contributed by atoms with Gasteiger partial charge < -0.3 is 10.5 Å². The Morgan fingerprint density at radius 1 is 1.50 bits per heavy atom. The van der Waals surface area contributed by atoms with Crippen molar-refractivity contribution in [3.05, 3.63) is 24.0 Å². The standard InChI is InChI=1S/C12H15FN2O4S/c1-19-12(16)11-3-2-6-15(11)20(17,18)8-4-5-10(14)9(13)7-8/h4-5,7,11H,2-3,6,14H2,1H3. The summed E-state index contributed by atoms with van der Waals surface area (Å²) in [6.45, 7) is 0.202. The molecule has 1 aliphatic heterocycles. The molecule has 2 rings (SSSR count). The predicted octanol–water partition coefficient (Wildman–Crippen LogP) is 0.734. The number of anilines is 1. The van der Waals surface area contributed by atoms with E-state index in [0.717, 1.165) is 10.4 Å². The Kier molecular flexibility index (Phi) is 3.96. The van der Waals surface area contributed by atoms with Gasteiger partial charge in [-0.15, -0.1) is 0 Å². The SMILES string of the molecule is COC(=O)C1CCCN1S(=O)(=O)c1ccc(N)c(F)c1. The van der Waals surface area contributed by atoms with E-state index in [4.69, 9.17) is 5.73 Å². The largest absolute Gasteiger partial charge is 0.468 e. The van der Waals surface area contributed by atoms with Gasteiger partial charge in [-0.05, 0) is 31.0 Å². The second-order valence-corrected chi connectivity index (χ2v) is 6.37. The number of hydrogen-bond acceptors (Lipinski definition) is 5. The Balaban J connectivity index is 2.38. The van der Waals surface area contributed by atoms with Gasteiger partial charge in [-0.3, -0.25) is 4.79 Å². The molecular weight excluding hydrogens is 287 g/mol. The van der Waals surface area contributed by atoms with Crippen LogP contribution in [0, 0.1) is 5.82 Å². The molecule has 110 valence electrons. The summed E-state index contributed by atoms with van der Waals surface area (Å²) in [7, 11) is -2.74. The zero-order valence-electron chi connectivity index (χ0n) is 10.9. The minimum absolute atomic E-state index is 0.130. The first-order valence-electron chi connectivity index (χ1n) is 6.02. The van der Waals surface area contributed by atoms with Crippen LogP contribution in [0.2, 0.25) is 0 Å². The molecule has 1 aliphatic rings. The molecule has 0 spiro atoms. The number of ether oxygens (including phenoxy) is 1. The molecule has 0 radical (unpaired) electrons. The monoisotopic (exact) mass is 302 g/mol. The molecule has 0 aliphatic carbocycles. The average Bonchev–Trinajstić information content (AvgIpc) is 2.90. The Hall–Kier alpha value is -1.67. The molecule has 1 unspecified atom stereocenters. The maximum absolute atomic E-state index is 13.4. The second kappa shape index (κ2) is 5.37. The van der Waals surface area contributed by atoms with Crippen LogP contribution in [0.25, 0.3) is 0 Å². The Labute approximate surface area is 116 Å². The summed E-state index contributed by atoms with van der Waals surface area (Å²) in [6.07, 6.45) is 0.944. The van der Waals surface area contributed by atoms with Crippen LogP contribution in [0.5, 0.6) is 0 Å². The smallest absolute Gasteiger partial charge is 0.324 e. The third-order valence-electron chi connectivity index (χ3n) is 3.26. The van der Waals surface area contributed by atoms with Gasteiger partial charge in [0.2, 0.25) is 10.0 Å². The highest BCUT2D eigenvalue weighted by molar-refractivity contribution is 7.89. The molecule has 8 heteroatoms. The van der Waals surface area contributed by atoms with Gasteiger partial charge in [0, 0.05) is 6.54 Å². The number of nitrogens with zero attached hydrogens (tertiary/aromatic N) is 1. The maximum atomic E-state index is 13.4. The third kappa shape index (κ3) is 2.48. The lowest BCUT2D eigenvalue weighted by molar-refractivity contribution is -0.144. The highest BCUT2D eigenvalue weighted by Gasteiger charge is 2.40. The van der Waals surface area contributed by atoms with Gasteiger partial charge in [0.05, 0.1) is 17.7 Å². The highest BCUT2D eigenvalue weighted by atomic mass is 32.2. The predicted molar refractivity (Wildman–Crippen MR) is 69.7 cm³/mol. The van der Waals surface area contributed by atoms with E-state index in [-0.39, 0.29) is 17.1 Å². The molecule has 1 heterocycles. The van der Waals surface area contributed by atoms with Gasteiger partial charge in [-0.1, -0.05) is 0 Å². The fourth-order valence-electron chi connectivity index (χ4n) is 2.20. The molecule has 1 aromatic rings. The summed E-state index contributed by atoms with van der Waals surface area (Å²) < 4.78 is 43.9. The van der Waals surface area contributed by atoms with Gasteiger partial charge in [-0.25, -0.2) is 12.8 Å². The van der Waals surface area contributed by atoms with Gasteiger partial charge in [0.1, 0.15) is 11.9 Å². The van der Waals surface area contributed by atoms with Crippen molar-refractivity contribution >= 4 is 21.7 Å². The fourth-order valence-corrected chi connectivity index (χ4v) is 3.86. The second-order valence-electron chi connectivity index (χ2n) is 4.48. The van der Waals surface area contributed by atoms with E-state index in [2.05, 4.69) is 4.74 Å². The summed E-state index contributed by atoms with van der Waals surface area (Å²) in [5.41, 5.74) is 5.20. The highest BCUT2D eigenvalue weighted by Crippen LogP contribution is 2.27. The number of carbonyl (C=O) groups is 1. The van der Waals surface area contributed by atoms with Gasteiger partial charge in [-0.2, -0.15) is 4.31 Å². The third-order valence-corrected chi connectivity index (χ3v) is 5.16. The lowest BCUT2D eigenvalue weighted by Gasteiger charge is -2.22. The number of nitrogens with two attached hydrogens (primary N) is 1. The minimum Gasteiger partial charge on any atom is -0.468 e. The summed E-state index contributed by atoms with van der Waals surface area (Å²) in [4.78, 5) is 11.4. The van der Waals surface area contributed by atoms with Crippen LogP contribution < -0.4 is 5.73 Å². The minimum atomic E-state index is -3.95. The van der Waals surface area contributed by atoms with Crippen molar-refractivity contribution in [3.8, 4) is 0 Å². The van der Waals surface area contributed by atoms with E-state index in [9.17, 15) is 17.6 Å². The van der Waals surface area contributed by atoms with Crippen LogP contribution in [0.15, 0.2) is 23.1 Å². The molecule has 0 aromatic heterocycles. The number of halogens is 1. The summed E-state index contributed by atoms with van der Waals surface area (Å²) in [5, 5.41) is 0. The Bertz CT molecular complexity index is 632. The van der Waals surface area contributed by atoms with Crippen LogP contribution in [0.3, 0.4) is 0 Å². The van der Waals surface area contributed by atoms with Crippen molar-refractivity contribution in [1.82, 2.24) is 4.31 Å². The number of methoxy groups -OCH3 is 1. The van der Waals surface area contributed by atoms with E-state index in [1.54, 1.807) is 0 Å². The molecule has 6 nitrogen and oxygen atoms in total. The zero-order valence-corrected chi connectivity index (χ0v) is 11.7. The number of hydrogen-bond donors (Lipinski definition) is 1. The van der Waals surface area contributed by atoms with Gasteiger partial charge in [0.25, 0.3) is 0 Å². The van der Waals surface area contributed by atoms with Crippen LogP contribution >= 0.6 is 0 Å². The van der Waals surface area contributed by atoms with Crippen LogP contribution in [0.4, 0.5) is 10.1 Å². The topological polar surface area (TPSA) is 89.7 Å². The van der Waals surface area contributed by atoms with E-state index < -0.39 is 27.9 Å². The van der Waals surface area contributed by atoms with E-state index in [1.165, 1.54) is 19.2 Å². The summed E-state index contributed by atoms with van der Waals surface area (Å²) >= 11 is 0. The molecule has 1 saturated heterocycles. The molecule has 1 aromatic carbocycles.